The molecular formula is C11H15FN4. The average Bonchev–Trinajstić information content (AvgIpc) is 2.55. The number of nitrogens with one attached hydrogen (secondary N) is 1. The standard InChI is InChI=1S/C11H15FN4/c1-11(2,3)7-13-10-14-9-5-4-8(12)6-16(9)15-10/h4-6H,7H2,1-3H3,(H,13,15). The van der Waals surface area contributed by atoms with Crippen molar-refractivity contribution in [1.29, 1.82) is 0 Å². The largest absolute Gasteiger partial charge is 0.352 e. The highest BCUT2D eigenvalue weighted by Crippen LogP contribution is 2.14. The van der Waals surface area contributed by atoms with Crippen LogP contribution in [0, 0.1) is 11.2 Å². The van der Waals surface area contributed by atoms with E-state index in [1.54, 1.807) is 6.07 Å². The fraction of sp³-hybridized carbons (Fsp3) is 0.455. The fourth-order valence-electron chi connectivity index (χ4n) is 1.28. The number of rotatable bonds is 2. The van der Waals surface area contributed by atoms with Crippen LogP contribution in [-0.4, -0.2) is 21.1 Å². The van der Waals surface area contributed by atoms with Crippen LogP contribution in [-0.2, 0) is 0 Å². The second-order valence-electron chi connectivity index (χ2n) is 5.00. The number of nitrogens with zero attached hydrogens (tertiary/aromatic N) is 3. The second-order valence-corrected chi connectivity index (χ2v) is 5.00. The van der Waals surface area contributed by atoms with E-state index in [9.17, 15) is 4.39 Å². The van der Waals surface area contributed by atoms with E-state index in [1.165, 1.54) is 16.8 Å². The fourth-order valence-corrected chi connectivity index (χ4v) is 1.28. The molecule has 0 bridgehead atoms. The third-order valence-corrected chi connectivity index (χ3v) is 2.07. The normalized spacial score (nSPS) is 12.0. The van der Waals surface area contributed by atoms with Crippen molar-refractivity contribution in [2.45, 2.75) is 20.8 Å². The lowest BCUT2D eigenvalue weighted by Crippen LogP contribution is -2.19. The Hall–Kier alpha value is -1.65. The van der Waals surface area contributed by atoms with Gasteiger partial charge < -0.3 is 5.32 Å². The van der Waals surface area contributed by atoms with Crippen LogP contribution in [0.5, 0.6) is 0 Å². The number of hydrogen-bond acceptors (Lipinski definition) is 3. The van der Waals surface area contributed by atoms with Crippen LogP contribution in [0.1, 0.15) is 20.8 Å². The summed E-state index contributed by atoms with van der Waals surface area (Å²) in [6.45, 7) is 7.13. The Morgan fingerprint density at radius 2 is 2.12 bits per heavy atom. The second kappa shape index (κ2) is 3.73. The summed E-state index contributed by atoms with van der Waals surface area (Å²) < 4.78 is 14.3. The van der Waals surface area contributed by atoms with Crippen LogP contribution in [0.4, 0.5) is 10.3 Å². The predicted octanol–water partition coefficient (Wildman–Crippen LogP) is 2.33. The van der Waals surface area contributed by atoms with Crippen molar-refractivity contribution in [2.75, 3.05) is 11.9 Å². The Kier molecular flexibility index (Phi) is 2.53. The topological polar surface area (TPSA) is 42.2 Å². The predicted molar refractivity (Wildman–Crippen MR) is 60.9 cm³/mol. The minimum Gasteiger partial charge on any atom is -0.352 e. The molecule has 5 heteroatoms. The molecule has 2 aromatic rings. The summed E-state index contributed by atoms with van der Waals surface area (Å²) in [7, 11) is 0. The molecule has 0 aliphatic rings. The van der Waals surface area contributed by atoms with E-state index in [4.69, 9.17) is 0 Å². The smallest absolute Gasteiger partial charge is 0.243 e. The minimum atomic E-state index is -0.320. The zero-order valence-electron chi connectivity index (χ0n) is 9.66. The van der Waals surface area contributed by atoms with Gasteiger partial charge >= 0.3 is 0 Å². The first kappa shape index (κ1) is 10.9. The summed E-state index contributed by atoms with van der Waals surface area (Å²) in [5.41, 5.74) is 0.792. The quantitative estimate of drug-likeness (QED) is 0.848. The molecule has 0 amide bonds. The number of fused-ring (bicyclic) bond motifs is 1. The third kappa shape index (κ3) is 2.48. The summed E-state index contributed by atoms with van der Waals surface area (Å²) in [6, 6.07) is 2.97. The Morgan fingerprint density at radius 1 is 1.38 bits per heavy atom. The zero-order chi connectivity index (χ0) is 11.8. The van der Waals surface area contributed by atoms with Crippen molar-refractivity contribution >= 4 is 11.6 Å². The number of hydrogen-bond donors (Lipinski definition) is 1. The van der Waals surface area contributed by atoms with Gasteiger partial charge in [-0.3, -0.25) is 0 Å². The van der Waals surface area contributed by atoms with Crippen molar-refractivity contribution in [3.8, 4) is 0 Å². The van der Waals surface area contributed by atoms with Crippen LogP contribution < -0.4 is 5.32 Å². The Labute approximate surface area is 93.5 Å². The first-order valence-electron chi connectivity index (χ1n) is 5.20. The summed E-state index contributed by atoms with van der Waals surface area (Å²) in [6.07, 6.45) is 1.31. The Bertz CT molecular complexity index is 498. The van der Waals surface area contributed by atoms with E-state index in [0.717, 1.165) is 6.54 Å². The molecule has 4 nitrogen and oxygen atoms in total. The summed E-state index contributed by atoms with van der Waals surface area (Å²) in [4.78, 5) is 4.23. The first-order valence-corrected chi connectivity index (χ1v) is 5.20. The highest BCUT2D eigenvalue weighted by molar-refractivity contribution is 5.43. The van der Waals surface area contributed by atoms with E-state index < -0.39 is 0 Å². The molecule has 0 saturated heterocycles. The number of pyridine rings is 1. The minimum absolute atomic E-state index is 0.155. The van der Waals surface area contributed by atoms with E-state index in [-0.39, 0.29) is 11.2 Å². The van der Waals surface area contributed by atoms with Crippen LogP contribution in [0.15, 0.2) is 18.3 Å². The van der Waals surface area contributed by atoms with E-state index in [0.29, 0.717) is 11.6 Å². The number of anilines is 1. The van der Waals surface area contributed by atoms with Gasteiger partial charge in [0.25, 0.3) is 0 Å². The third-order valence-electron chi connectivity index (χ3n) is 2.07. The Balaban J connectivity index is 2.20. The highest BCUT2D eigenvalue weighted by Gasteiger charge is 2.11. The molecule has 2 aromatic heterocycles. The van der Waals surface area contributed by atoms with Gasteiger partial charge in [0, 0.05) is 6.54 Å². The lowest BCUT2D eigenvalue weighted by molar-refractivity contribution is 0.442. The molecule has 0 aliphatic heterocycles. The van der Waals surface area contributed by atoms with Crippen molar-refractivity contribution in [1.82, 2.24) is 14.6 Å². The van der Waals surface area contributed by atoms with Crippen LogP contribution in [0.3, 0.4) is 0 Å². The van der Waals surface area contributed by atoms with E-state index >= 15 is 0 Å². The van der Waals surface area contributed by atoms with Gasteiger partial charge in [0.05, 0.1) is 6.20 Å². The first-order chi connectivity index (χ1) is 7.44. The van der Waals surface area contributed by atoms with Gasteiger partial charge in [-0.15, -0.1) is 5.10 Å². The highest BCUT2D eigenvalue weighted by atomic mass is 19.1. The van der Waals surface area contributed by atoms with Crippen molar-refractivity contribution < 1.29 is 4.39 Å². The number of halogens is 1. The summed E-state index contributed by atoms with van der Waals surface area (Å²) >= 11 is 0. The SMILES string of the molecule is CC(C)(C)CNc1nc2ccc(F)cn2n1. The molecule has 0 fully saturated rings. The van der Waals surface area contributed by atoms with Crippen LogP contribution in [0.2, 0.25) is 0 Å². The molecule has 1 N–H and O–H groups in total. The molecule has 0 atom stereocenters. The van der Waals surface area contributed by atoms with Gasteiger partial charge in [-0.25, -0.2) is 8.91 Å². The molecule has 0 spiro atoms. The van der Waals surface area contributed by atoms with Crippen LogP contribution in [0.25, 0.3) is 5.65 Å². The molecule has 0 radical (unpaired) electrons. The van der Waals surface area contributed by atoms with Gasteiger partial charge in [-0.1, -0.05) is 20.8 Å². The zero-order valence-corrected chi connectivity index (χ0v) is 9.66. The lowest BCUT2D eigenvalue weighted by atomic mass is 9.97. The molecule has 0 unspecified atom stereocenters. The Morgan fingerprint density at radius 3 is 2.81 bits per heavy atom. The average molecular weight is 222 g/mol. The molecular weight excluding hydrogens is 207 g/mol. The van der Waals surface area contributed by atoms with Gasteiger partial charge in [0.2, 0.25) is 5.95 Å². The molecule has 2 heterocycles. The molecule has 16 heavy (non-hydrogen) atoms. The molecule has 86 valence electrons. The van der Waals surface area contributed by atoms with Gasteiger partial charge in [0.1, 0.15) is 5.82 Å². The molecule has 0 saturated carbocycles. The van der Waals surface area contributed by atoms with E-state index in [2.05, 4.69) is 36.2 Å². The molecule has 0 aliphatic carbocycles. The maximum atomic E-state index is 12.9. The van der Waals surface area contributed by atoms with Gasteiger partial charge in [0.15, 0.2) is 5.65 Å². The lowest BCUT2D eigenvalue weighted by Gasteiger charge is -2.17. The summed E-state index contributed by atoms with van der Waals surface area (Å²) in [5.74, 6) is 0.209. The van der Waals surface area contributed by atoms with Crippen LogP contribution >= 0.6 is 0 Å². The molecule has 2 rings (SSSR count). The van der Waals surface area contributed by atoms with Gasteiger partial charge in [-0.05, 0) is 17.5 Å². The van der Waals surface area contributed by atoms with Crippen molar-refractivity contribution in [3.05, 3.63) is 24.1 Å². The summed E-state index contributed by atoms with van der Waals surface area (Å²) in [5, 5.41) is 7.26. The van der Waals surface area contributed by atoms with Crippen molar-refractivity contribution in [3.63, 3.8) is 0 Å². The maximum Gasteiger partial charge on any atom is 0.243 e. The monoisotopic (exact) mass is 222 g/mol. The van der Waals surface area contributed by atoms with Crippen molar-refractivity contribution in [2.24, 2.45) is 5.41 Å². The maximum absolute atomic E-state index is 12.9. The van der Waals surface area contributed by atoms with E-state index in [1.807, 2.05) is 0 Å². The van der Waals surface area contributed by atoms with Gasteiger partial charge in [-0.2, -0.15) is 4.98 Å². The molecule has 0 aromatic carbocycles. The number of aromatic nitrogens is 3.